The number of carboxylic acid groups (broad SMARTS) is 1. The van der Waals surface area contributed by atoms with E-state index in [1.165, 1.54) is 0 Å². The highest BCUT2D eigenvalue weighted by Gasteiger charge is 2.40. The van der Waals surface area contributed by atoms with E-state index in [0.717, 1.165) is 31.4 Å². The van der Waals surface area contributed by atoms with Crippen LogP contribution in [0.5, 0.6) is 5.75 Å². The molecule has 7 nitrogen and oxygen atoms in total. The maximum atomic E-state index is 12.2. The Bertz CT molecular complexity index is 586. The normalized spacial score (nSPS) is 17.3. The molecule has 1 aliphatic carbocycles. The van der Waals surface area contributed by atoms with Crippen LogP contribution in [0.1, 0.15) is 49.9 Å². The van der Waals surface area contributed by atoms with Crippen LogP contribution in [0.2, 0.25) is 0 Å². The largest absolute Gasteiger partial charge is 0.480 e. The van der Waals surface area contributed by atoms with E-state index < -0.39 is 17.4 Å². The first kappa shape index (κ1) is 17.3. The molecule has 1 amide bonds. The number of carbonyl (C=O) groups excluding carboxylic acids is 1. The highest BCUT2D eigenvalue weighted by Crippen LogP contribution is 2.27. The number of aliphatic carboxylic acids is 1. The summed E-state index contributed by atoms with van der Waals surface area (Å²) in [5.74, 6) is -0.786. The van der Waals surface area contributed by atoms with Gasteiger partial charge in [0, 0.05) is 7.05 Å². The number of nitrogens with zero attached hydrogens (tertiary/aromatic N) is 2. The molecule has 0 atom stereocenters. The summed E-state index contributed by atoms with van der Waals surface area (Å²) in [7, 11) is 1.81. The highest BCUT2D eigenvalue weighted by atomic mass is 16.5. The summed E-state index contributed by atoms with van der Waals surface area (Å²) in [5, 5.41) is 16.5. The number of ether oxygens (including phenoxy) is 1. The van der Waals surface area contributed by atoms with Gasteiger partial charge in [-0.25, -0.2) is 4.79 Å². The van der Waals surface area contributed by atoms with Gasteiger partial charge < -0.3 is 15.2 Å². The molecule has 2 rings (SSSR count). The molecule has 7 heteroatoms. The molecular formula is C16H25N3O4. The number of aromatic nitrogens is 2. The van der Waals surface area contributed by atoms with Crippen molar-refractivity contribution in [2.75, 3.05) is 6.61 Å². The number of carbonyl (C=O) groups is 2. The van der Waals surface area contributed by atoms with Crippen molar-refractivity contribution in [2.24, 2.45) is 7.05 Å². The summed E-state index contributed by atoms with van der Waals surface area (Å²) in [6.45, 7) is 3.46. The molecule has 1 aromatic heterocycles. The fraction of sp³-hybridized carbons (Fsp3) is 0.688. The summed E-state index contributed by atoms with van der Waals surface area (Å²) >= 11 is 0. The van der Waals surface area contributed by atoms with E-state index in [1.54, 1.807) is 11.7 Å². The Kier molecular flexibility index (Phi) is 5.28. The molecule has 1 saturated carbocycles. The number of rotatable bonds is 5. The van der Waals surface area contributed by atoms with Crippen molar-refractivity contribution in [3.63, 3.8) is 0 Å². The molecule has 23 heavy (non-hydrogen) atoms. The Morgan fingerprint density at radius 1 is 1.26 bits per heavy atom. The zero-order valence-corrected chi connectivity index (χ0v) is 14.0. The van der Waals surface area contributed by atoms with Gasteiger partial charge in [-0.05, 0) is 26.7 Å². The van der Waals surface area contributed by atoms with Crippen LogP contribution < -0.4 is 10.1 Å². The molecule has 128 valence electrons. The standard InChI is InChI=1S/C16H25N3O4/c1-11-14(12(2)19(3)18-11)23-10-13(20)17-16(15(21)22)8-6-4-5-7-9-16/h4-10H2,1-3H3,(H,17,20)(H,21,22). The molecule has 0 saturated heterocycles. The van der Waals surface area contributed by atoms with Crippen LogP contribution in [-0.2, 0) is 16.6 Å². The van der Waals surface area contributed by atoms with E-state index in [0.29, 0.717) is 24.3 Å². The third-order valence-electron chi connectivity index (χ3n) is 4.54. The van der Waals surface area contributed by atoms with Crippen LogP contribution in [0.4, 0.5) is 0 Å². The number of amides is 1. The fourth-order valence-electron chi connectivity index (χ4n) is 3.13. The van der Waals surface area contributed by atoms with Crippen molar-refractivity contribution in [3.05, 3.63) is 11.4 Å². The Labute approximate surface area is 136 Å². The molecule has 1 heterocycles. The average Bonchev–Trinajstić information content (AvgIpc) is 2.68. The Hall–Kier alpha value is -2.05. The van der Waals surface area contributed by atoms with Gasteiger partial charge in [-0.15, -0.1) is 0 Å². The molecule has 1 aromatic rings. The smallest absolute Gasteiger partial charge is 0.329 e. The van der Waals surface area contributed by atoms with Crippen molar-refractivity contribution < 1.29 is 19.4 Å². The number of carboxylic acids is 1. The zero-order chi connectivity index (χ0) is 17.0. The van der Waals surface area contributed by atoms with Crippen molar-refractivity contribution >= 4 is 11.9 Å². The van der Waals surface area contributed by atoms with E-state index in [2.05, 4.69) is 10.4 Å². The number of hydrogen-bond acceptors (Lipinski definition) is 4. The van der Waals surface area contributed by atoms with Crippen LogP contribution >= 0.6 is 0 Å². The van der Waals surface area contributed by atoms with E-state index in [9.17, 15) is 14.7 Å². The Morgan fingerprint density at radius 3 is 2.35 bits per heavy atom. The zero-order valence-electron chi connectivity index (χ0n) is 14.0. The van der Waals surface area contributed by atoms with Gasteiger partial charge in [-0.2, -0.15) is 5.10 Å². The fourth-order valence-corrected chi connectivity index (χ4v) is 3.13. The Balaban J connectivity index is 2.01. The lowest BCUT2D eigenvalue weighted by Crippen LogP contribution is -2.55. The number of hydrogen-bond donors (Lipinski definition) is 2. The summed E-state index contributed by atoms with van der Waals surface area (Å²) in [6.07, 6.45) is 4.59. The summed E-state index contributed by atoms with van der Waals surface area (Å²) in [4.78, 5) is 23.9. The highest BCUT2D eigenvalue weighted by molar-refractivity contribution is 5.87. The van der Waals surface area contributed by atoms with Crippen LogP contribution in [-0.4, -0.2) is 38.9 Å². The second kappa shape index (κ2) is 7.02. The molecule has 0 unspecified atom stereocenters. The average molecular weight is 323 g/mol. The maximum absolute atomic E-state index is 12.2. The van der Waals surface area contributed by atoms with Crippen LogP contribution in [0.15, 0.2) is 0 Å². The van der Waals surface area contributed by atoms with E-state index >= 15 is 0 Å². The number of aryl methyl sites for hydroxylation is 2. The topological polar surface area (TPSA) is 93.5 Å². The van der Waals surface area contributed by atoms with E-state index in [1.807, 2.05) is 13.8 Å². The predicted octanol–water partition coefficient (Wildman–Crippen LogP) is 1.71. The molecule has 0 spiro atoms. The molecule has 0 aromatic carbocycles. The first-order valence-corrected chi connectivity index (χ1v) is 8.03. The van der Waals surface area contributed by atoms with Crippen molar-refractivity contribution in [3.8, 4) is 5.75 Å². The van der Waals surface area contributed by atoms with Crippen molar-refractivity contribution in [2.45, 2.75) is 57.9 Å². The van der Waals surface area contributed by atoms with E-state index in [4.69, 9.17) is 4.74 Å². The third kappa shape index (κ3) is 3.83. The minimum atomic E-state index is -1.16. The van der Waals surface area contributed by atoms with Gasteiger partial charge in [0.2, 0.25) is 0 Å². The quantitative estimate of drug-likeness (QED) is 0.805. The maximum Gasteiger partial charge on any atom is 0.329 e. The molecular weight excluding hydrogens is 298 g/mol. The molecule has 0 bridgehead atoms. The summed E-state index contributed by atoms with van der Waals surface area (Å²) in [5.41, 5.74) is 0.383. The van der Waals surface area contributed by atoms with Gasteiger partial charge in [0.05, 0.1) is 5.69 Å². The first-order chi connectivity index (χ1) is 10.9. The van der Waals surface area contributed by atoms with Crippen molar-refractivity contribution in [1.29, 1.82) is 0 Å². The third-order valence-corrected chi connectivity index (χ3v) is 4.54. The predicted molar refractivity (Wildman–Crippen MR) is 84.4 cm³/mol. The van der Waals surface area contributed by atoms with Gasteiger partial charge >= 0.3 is 5.97 Å². The van der Waals surface area contributed by atoms with Crippen LogP contribution in [0.25, 0.3) is 0 Å². The summed E-state index contributed by atoms with van der Waals surface area (Å²) < 4.78 is 7.25. The molecule has 0 aliphatic heterocycles. The molecule has 0 radical (unpaired) electrons. The molecule has 1 fully saturated rings. The monoisotopic (exact) mass is 323 g/mol. The van der Waals surface area contributed by atoms with Crippen LogP contribution in [0.3, 0.4) is 0 Å². The lowest BCUT2D eigenvalue weighted by molar-refractivity contribution is -0.148. The van der Waals surface area contributed by atoms with Gasteiger partial charge in [-0.3, -0.25) is 9.48 Å². The SMILES string of the molecule is Cc1nn(C)c(C)c1OCC(=O)NC1(C(=O)O)CCCCCC1. The van der Waals surface area contributed by atoms with Crippen LogP contribution in [0, 0.1) is 13.8 Å². The molecule has 2 N–H and O–H groups in total. The van der Waals surface area contributed by atoms with Gasteiger partial charge in [0.25, 0.3) is 5.91 Å². The minimum absolute atomic E-state index is 0.206. The van der Waals surface area contributed by atoms with E-state index in [-0.39, 0.29) is 6.61 Å². The number of nitrogens with one attached hydrogen (secondary N) is 1. The second-order valence-electron chi connectivity index (χ2n) is 6.26. The summed E-state index contributed by atoms with van der Waals surface area (Å²) in [6, 6.07) is 0. The van der Waals surface area contributed by atoms with Gasteiger partial charge in [-0.1, -0.05) is 25.7 Å². The molecule has 1 aliphatic rings. The minimum Gasteiger partial charge on any atom is -0.480 e. The van der Waals surface area contributed by atoms with Crippen molar-refractivity contribution in [1.82, 2.24) is 15.1 Å². The van der Waals surface area contributed by atoms with Gasteiger partial charge in [0.15, 0.2) is 12.4 Å². The second-order valence-corrected chi connectivity index (χ2v) is 6.26. The van der Waals surface area contributed by atoms with Gasteiger partial charge in [0.1, 0.15) is 11.2 Å². The lowest BCUT2D eigenvalue weighted by atomic mass is 9.90. The first-order valence-electron chi connectivity index (χ1n) is 8.03. The lowest BCUT2D eigenvalue weighted by Gasteiger charge is -2.29. The Morgan fingerprint density at radius 2 is 1.87 bits per heavy atom.